The number of sulfonamides is 1. The van der Waals surface area contributed by atoms with Gasteiger partial charge in [-0.05, 0) is 90.7 Å². The lowest BCUT2D eigenvalue weighted by Crippen LogP contribution is -2.53. The van der Waals surface area contributed by atoms with Crippen molar-refractivity contribution in [2.75, 3.05) is 17.4 Å². The summed E-state index contributed by atoms with van der Waals surface area (Å²) in [6, 6.07) is 24.2. The van der Waals surface area contributed by atoms with E-state index in [4.69, 9.17) is 0 Å². The van der Waals surface area contributed by atoms with Gasteiger partial charge in [0.05, 0.1) is 10.6 Å². The summed E-state index contributed by atoms with van der Waals surface area (Å²) in [5.41, 5.74) is 1.42. The van der Waals surface area contributed by atoms with Gasteiger partial charge in [0.15, 0.2) is 0 Å². The van der Waals surface area contributed by atoms with Crippen LogP contribution in [0.2, 0.25) is 0 Å². The van der Waals surface area contributed by atoms with Crippen LogP contribution in [0.4, 0.5) is 5.69 Å². The minimum atomic E-state index is -4.04. The fraction of sp³-hybridized carbons (Fsp3) is 0.333. The monoisotopic (exact) mass is 659 g/mol. The first-order valence-electron chi connectivity index (χ1n) is 13.2. The molecule has 1 aliphatic rings. The van der Waals surface area contributed by atoms with Crippen LogP contribution in [-0.2, 0) is 26.0 Å². The van der Waals surface area contributed by atoms with Crippen LogP contribution in [0.1, 0.15) is 38.2 Å². The number of carbonyl (C=O) groups excluding carboxylic acids is 2. The highest BCUT2D eigenvalue weighted by atomic mass is 127. The molecule has 1 atom stereocenters. The molecule has 3 aromatic carbocycles. The molecule has 1 unspecified atom stereocenters. The second-order valence-corrected chi connectivity index (χ2v) is 12.9. The van der Waals surface area contributed by atoms with Gasteiger partial charge in [-0.25, -0.2) is 8.42 Å². The predicted octanol–water partition coefficient (Wildman–Crippen LogP) is 5.01. The number of carbonyl (C=O) groups is 2. The number of hydrogen-bond acceptors (Lipinski definition) is 4. The van der Waals surface area contributed by atoms with E-state index in [1.54, 1.807) is 49.4 Å². The van der Waals surface area contributed by atoms with Crippen LogP contribution in [0.25, 0.3) is 0 Å². The number of rotatable bonds is 11. The van der Waals surface area contributed by atoms with Crippen molar-refractivity contribution < 1.29 is 18.0 Å². The molecule has 206 valence electrons. The summed E-state index contributed by atoms with van der Waals surface area (Å²) < 4.78 is 29.6. The van der Waals surface area contributed by atoms with E-state index in [2.05, 4.69) is 27.9 Å². The van der Waals surface area contributed by atoms with Gasteiger partial charge in [-0.15, -0.1) is 0 Å². The number of anilines is 1. The molecule has 0 bridgehead atoms. The Morgan fingerprint density at radius 1 is 0.923 bits per heavy atom. The molecule has 2 amide bonds. The third kappa shape index (κ3) is 7.60. The van der Waals surface area contributed by atoms with Gasteiger partial charge in [-0.1, -0.05) is 61.4 Å². The molecular formula is C30H34IN3O4S. The number of halogens is 1. The minimum Gasteiger partial charge on any atom is -0.352 e. The standard InChI is InChI=1S/C30H34IN3O4S/c1-23(30(36)32-26-12-8-9-13-26)33(21-20-24-10-4-2-5-11-24)29(35)22-34(27-18-16-25(31)17-19-27)39(37,38)28-14-6-3-7-15-28/h2-7,10-11,14-19,23,26H,8-9,12-13,20-22H2,1H3,(H,32,36). The van der Waals surface area contributed by atoms with Crippen molar-refractivity contribution >= 4 is 50.1 Å². The van der Waals surface area contributed by atoms with Crippen LogP contribution < -0.4 is 9.62 Å². The Morgan fingerprint density at radius 2 is 1.51 bits per heavy atom. The molecule has 7 nitrogen and oxygen atoms in total. The Bertz CT molecular complexity index is 1350. The van der Waals surface area contributed by atoms with Gasteiger partial charge < -0.3 is 10.2 Å². The number of benzene rings is 3. The molecule has 9 heteroatoms. The Morgan fingerprint density at radius 3 is 2.13 bits per heavy atom. The molecule has 3 aromatic rings. The third-order valence-electron chi connectivity index (χ3n) is 7.08. The fourth-order valence-corrected chi connectivity index (χ4v) is 6.61. The molecular weight excluding hydrogens is 625 g/mol. The summed E-state index contributed by atoms with van der Waals surface area (Å²) >= 11 is 2.15. The second kappa shape index (κ2) is 13.4. The van der Waals surface area contributed by atoms with E-state index in [-0.39, 0.29) is 23.4 Å². The summed E-state index contributed by atoms with van der Waals surface area (Å²) in [4.78, 5) is 28.8. The average Bonchev–Trinajstić information content (AvgIpc) is 3.46. The maximum Gasteiger partial charge on any atom is 0.264 e. The highest BCUT2D eigenvalue weighted by Gasteiger charge is 2.33. The Hall–Kier alpha value is -2.92. The SMILES string of the molecule is CC(C(=O)NC1CCCC1)N(CCc1ccccc1)C(=O)CN(c1ccc(I)cc1)S(=O)(=O)c1ccccc1. The van der Waals surface area contributed by atoms with Gasteiger partial charge in [0.1, 0.15) is 12.6 Å². The predicted molar refractivity (Wildman–Crippen MR) is 162 cm³/mol. The number of hydrogen-bond donors (Lipinski definition) is 1. The van der Waals surface area contributed by atoms with Crippen molar-refractivity contribution in [3.8, 4) is 0 Å². The zero-order valence-electron chi connectivity index (χ0n) is 22.0. The van der Waals surface area contributed by atoms with E-state index in [9.17, 15) is 18.0 Å². The van der Waals surface area contributed by atoms with Gasteiger partial charge >= 0.3 is 0 Å². The zero-order chi connectivity index (χ0) is 27.8. The minimum absolute atomic E-state index is 0.0965. The van der Waals surface area contributed by atoms with E-state index in [0.29, 0.717) is 12.1 Å². The van der Waals surface area contributed by atoms with Crippen LogP contribution in [0, 0.1) is 3.57 Å². The molecule has 0 aliphatic heterocycles. The van der Waals surface area contributed by atoms with E-state index in [0.717, 1.165) is 39.1 Å². The van der Waals surface area contributed by atoms with Crippen molar-refractivity contribution in [3.63, 3.8) is 0 Å². The first kappa shape index (κ1) is 29.1. The Kier molecular flexibility index (Phi) is 10.0. The van der Waals surface area contributed by atoms with E-state index in [1.165, 1.54) is 17.0 Å². The van der Waals surface area contributed by atoms with Gasteiger partial charge in [0.2, 0.25) is 11.8 Å². The van der Waals surface area contributed by atoms with Gasteiger partial charge in [0, 0.05) is 16.2 Å². The molecule has 1 saturated carbocycles. The molecule has 0 aromatic heterocycles. The number of nitrogens with one attached hydrogen (secondary N) is 1. The van der Waals surface area contributed by atoms with Crippen LogP contribution in [0.5, 0.6) is 0 Å². The molecule has 0 heterocycles. The molecule has 0 spiro atoms. The summed E-state index contributed by atoms with van der Waals surface area (Å²) in [5, 5.41) is 3.09. The van der Waals surface area contributed by atoms with E-state index < -0.39 is 28.5 Å². The molecule has 1 aliphatic carbocycles. The second-order valence-electron chi connectivity index (χ2n) is 9.79. The summed E-state index contributed by atoms with van der Waals surface area (Å²) in [6.07, 6.45) is 4.58. The van der Waals surface area contributed by atoms with Crippen molar-refractivity contribution in [2.45, 2.75) is 56.0 Å². The first-order chi connectivity index (χ1) is 18.8. The Labute approximate surface area is 244 Å². The molecule has 0 saturated heterocycles. The third-order valence-corrected chi connectivity index (χ3v) is 9.58. The van der Waals surface area contributed by atoms with E-state index in [1.807, 2.05) is 30.3 Å². The van der Waals surface area contributed by atoms with Gasteiger partial charge in [0.25, 0.3) is 10.0 Å². The number of amides is 2. The molecule has 4 rings (SSSR count). The Balaban J connectivity index is 1.62. The zero-order valence-corrected chi connectivity index (χ0v) is 25.0. The number of nitrogens with zero attached hydrogens (tertiary/aromatic N) is 2. The van der Waals surface area contributed by atoms with Crippen LogP contribution in [0.15, 0.2) is 89.8 Å². The average molecular weight is 660 g/mol. The van der Waals surface area contributed by atoms with Crippen molar-refractivity contribution in [3.05, 3.63) is 94.1 Å². The maximum absolute atomic E-state index is 13.9. The van der Waals surface area contributed by atoms with E-state index >= 15 is 0 Å². The first-order valence-corrected chi connectivity index (χ1v) is 15.7. The normalized spacial score (nSPS) is 14.5. The summed E-state index contributed by atoms with van der Waals surface area (Å²) in [6.45, 7) is 1.58. The quantitative estimate of drug-likeness (QED) is 0.294. The smallest absolute Gasteiger partial charge is 0.264 e. The fourth-order valence-electron chi connectivity index (χ4n) is 4.82. The van der Waals surface area contributed by atoms with Crippen molar-refractivity contribution in [2.24, 2.45) is 0 Å². The molecule has 0 radical (unpaired) electrons. The van der Waals surface area contributed by atoms with Crippen LogP contribution in [0.3, 0.4) is 0 Å². The topological polar surface area (TPSA) is 86.8 Å². The van der Waals surface area contributed by atoms with Gasteiger partial charge in [-0.3, -0.25) is 13.9 Å². The van der Waals surface area contributed by atoms with Gasteiger partial charge in [-0.2, -0.15) is 0 Å². The molecule has 39 heavy (non-hydrogen) atoms. The highest BCUT2D eigenvalue weighted by Crippen LogP contribution is 2.25. The van der Waals surface area contributed by atoms with Crippen molar-refractivity contribution in [1.82, 2.24) is 10.2 Å². The lowest BCUT2D eigenvalue weighted by Gasteiger charge is -2.32. The summed E-state index contributed by atoms with van der Waals surface area (Å²) in [5.74, 6) is -0.645. The largest absolute Gasteiger partial charge is 0.352 e. The highest BCUT2D eigenvalue weighted by molar-refractivity contribution is 14.1. The molecule has 1 fully saturated rings. The molecule has 1 N–H and O–H groups in total. The lowest BCUT2D eigenvalue weighted by molar-refractivity contribution is -0.139. The van der Waals surface area contributed by atoms with Crippen molar-refractivity contribution in [1.29, 1.82) is 0 Å². The maximum atomic E-state index is 13.9. The lowest BCUT2D eigenvalue weighted by atomic mass is 10.1. The van der Waals surface area contributed by atoms with Crippen LogP contribution in [-0.4, -0.2) is 50.3 Å². The van der Waals surface area contributed by atoms with Crippen LogP contribution >= 0.6 is 22.6 Å². The summed E-state index contributed by atoms with van der Waals surface area (Å²) in [7, 11) is -4.04.